The summed E-state index contributed by atoms with van der Waals surface area (Å²) in [5.74, 6) is -2.83. The fourth-order valence-corrected chi connectivity index (χ4v) is 11.4. The second kappa shape index (κ2) is 31.7. The van der Waals surface area contributed by atoms with Crippen LogP contribution in [-0.4, -0.2) is 140 Å². The van der Waals surface area contributed by atoms with Crippen molar-refractivity contribution in [2.24, 2.45) is 0 Å². The molecule has 6 aromatic carbocycles. The number of carbonyl (C=O) groups excluding carboxylic acids is 10. The first-order valence-electron chi connectivity index (χ1n) is 31.2. The van der Waals surface area contributed by atoms with Gasteiger partial charge in [0.15, 0.2) is 0 Å². The van der Waals surface area contributed by atoms with Gasteiger partial charge in [-0.3, -0.25) is 43.5 Å². The Bertz CT molecular complexity index is 4000. The summed E-state index contributed by atoms with van der Waals surface area (Å²) >= 11 is 0. The van der Waals surface area contributed by atoms with Crippen LogP contribution in [0.1, 0.15) is 160 Å². The molecule has 4 aliphatic rings. The maximum Gasteiger partial charge on any atom is 0.335 e. The highest BCUT2D eigenvalue weighted by Gasteiger charge is 2.38. The smallest absolute Gasteiger partial charge is 0.335 e. The average molecular weight is 1280 g/mol. The first-order valence-corrected chi connectivity index (χ1v) is 31.2. The lowest BCUT2D eigenvalue weighted by Crippen LogP contribution is -2.42. The van der Waals surface area contributed by atoms with Crippen molar-refractivity contribution in [1.29, 1.82) is 0 Å². The summed E-state index contributed by atoms with van der Waals surface area (Å²) in [7, 11) is 2.98. The molecule has 0 bridgehead atoms. The Hall–Kier alpha value is -10.4. The second-order valence-corrected chi connectivity index (χ2v) is 22.8. The van der Waals surface area contributed by atoms with E-state index < -0.39 is 47.5 Å². The average Bonchev–Trinajstić information content (AvgIpc) is 0.754. The van der Waals surface area contributed by atoms with Crippen LogP contribution in [0.25, 0.3) is 32.3 Å². The van der Waals surface area contributed by atoms with Crippen molar-refractivity contribution >= 4 is 91.6 Å². The number of hydrogen-bond donors (Lipinski definition) is 0. The predicted molar refractivity (Wildman–Crippen MR) is 351 cm³/mol. The SMILES string of the molecule is C=C(C)C(=O)OCCN1C(=O)c2ccc(OC)c3c(OCCCCCCCC)ccc(c23)C1=O.C=C(C)C(=O)OCCN1C(=O)c2cccc3c(OC4CCCCC4)ccc(c23)C1=O.C=CC(=O)Oc1ccc2c3c(ccc(OC)c13)C(=O)N(CCOC(=O)C(=C)C)C2=O. The summed E-state index contributed by atoms with van der Waals surface area (Å²) in [5, 5.41) is 3.23. The highest BCUT2D eigenvalue weighted by Crippen LogP contribution is 2.44. The topological polar surface area (TPSA) is 254 Å². The molecule has 0 unspecified atom stereocenters. The standard InChI is InChI=1S/C27H33NO6.C24H25NO5.C22H19NO7/c1-5-6-7-8-9-10-16-33-22-14-12-20-23-19(11-13-21(32-4)24(22)23)25(29)28(26(20)30)15-17-34-27(31)18(2)3;1-15(2)24(28)29-14-13-25-22(26)18-10-6-9-17-20(30-16-7-4-3-5-8-16)12-11-19(21(17)18)23(25)27;1-5-17(24)30-16-9-7-14-18-13(6-8-15(28-4)19(16)18)20(25)23(21(14)26)10-11-29-22(27)12(2)3/h11-14H,2,5-10,15-17H2,1,3-4H3;6,9-12,16H,1,3-5,7-8,13-14H2,2H3;5-9H,1-2,10-11H2,3-4H3. The number of amides is 6. The Balaban J connectivity index is 0.000000181. The van der Waals surface area contributed by atoms with Crippen LogP contribution in [0.4, 0.5) is 0 Å². The van der Waals surface area contributed by atoms with Gasteiger partial charge >= 0.3 is 23.9 Å². The van der Waals surface area contributed by atoms with Gasteiger partial charge in [0.2, 0.25) is 0 Å². The van der Waals surface area contributed by atoms with E-state index in [1.807, 2.05) is 18.2 Å². The molecule has 21 heteroatoms. The Morgan fingerprint density at radius 3 is 1.27 bits per heavy atom. The van der Waals surface area contributed by atoms with Crippen LogP contribution >= 0.6 is 0 Å². The molecule has 0 N–H and O–H groups in total. The monoisotopic (exact) mass is 1280 g/mol. The number of unbranched alkanes of at least 4 members (excludes halogenated alkanes) is 5. The van der Waals surface area contributed by atoms with Crippen molar-refractivity contribution in [3.05, 3.63) is 161 Å². The van der Waals surface area contributed by atoms with E-state index in [0.29, 0.717) is 78.8 Å². The van der Waals surface area contributed by atoms with E-state index in [-0.39, 0.29) is 91.0 Å². The zero-order valence-electron chi connectivity index (χ0n) is 53.9. The van der Waals surface area contributed by atoms with Crippen LogP contribution in [0.3, 0.4) is 0 Å². The summed E-state index contributed by atoms with van der Waals surface area (Å²) < 4.78 is 43.7. The summed E-state index contributed by atoms with van der Waals surface area (Å²) in [4.78, 5) is 128. The molecule has 0 saturated heterocycles. The zero-order valence-corrected chi connectivity index (χ0v) is 53.9. The van der Waals surface area contributed by atoms with E-state index >= 15 is 0 Å². The largest absolute Gasteiger partial charge is 0.496 e. The van der Waals surface area contributed by atoms with E-state index in [4.69, 9.17) is 37.9 Å². The third-order valence-electron chi connectivity index (χ3n) is 16.1. The lowest BCUT2D eigenvalue weighted by Gasteiger charge is -2.28. The number of carbonyl (C=O) groups is 10. The molecule has 3 heterocycles. The molecular weight excluding hydrogens is 1210 g/mol. The van der Waals surface area contributed by atoms with Crippen LogP contribution in [0.2, 0.25) is 0 Å². The molecule has 0 atom stereocenters. The number of methoxy groups -OCH3 is 2. The molecule has 492 valence electrons. The van der Waals surface area contributed by atoms with Gasteiger partial charge in [0.05, 0.1) is 57.3 Å². The molecule has 0 aromatic heterocycles. The fraction of sp³-hybridized carbons (Fsp3) is 0.342. The maximum atomic E-state index is 13.2. The minimum absolute atomic E-state index is 0.00710. The Morgan fingerprint density at radius 1 is 0.457 bits per heavy atom. The van der Waals surface area contributed by atoms with Crippen molar-refractivity contribution in [3.63, 3.8) is 0 Å². The lowest BCUT2D eigenvalue weighted by atomic mass is 9.93. The molecule has 3 aliphatic heterocycles. The number of hydrogen-bond acceptors (Lipinski definition) is 18. The normalized spacial score (nSPS) is 13.9. The van der Waals surface area contributed by atoms with Gasteiger partial charge < -0.3 is 37.9 Å². The van der Waals surface area contributed by atoms with Crippen molar-refractivity contribution in [3.8, 4) is 28.7 Å². The van der Waals surface area contributed by atoms with Crippen molar-refractivity contribution < 1.29 is 85.8 Å². The van der Waals surface area contributed by atoms with Crippen molar-refractivity contribution in [2.75, 3.05) is 60.3 Å². The van der Waals surface area contributed by atoms with Gasteiger partial charge in [-0.15, -0.1) is 0 Å². The van der Waals surface area contributed by atoms with Crippen LogP contribution in [-0.2, 0) is 33.4 Å². The molecular formula is C73H77N3O18. The number of benzene rings is 6. The minimum Gasteiger partial charge on any atom is -0.496 e. The van der Waals surface area contributed by atoms with Crippen molar-refractivity contribution in [2.45, 2.75) is 104 Å². The highest BCUT2D eigenvalue weighted by molar-refractivity contribution is 6.29. The number of ether oxygens (including phenoxy) is 8. The van der Waals surface area contributed by atoms with Gasteiger partial charge in [-0.05, 0) is 120 Å². The number of rotatable bonds is 26. The third-order valence-corrected chi connectivity index (χ3v) is 16.1. The zero-order chi connectivity index (χ0) is 67.9. The fourth-order valence-electron chi connectivity index (χ4n) is 11.4. The quantitative estimate of drug-likeness (QED) is 0.0122. The van der Waals surface area contributed by atoms with E-state index in [9.17, 15) is 47.9 Å². The summed E-state index contributed by atoms with van der Waals surface area (Å²) in [6.07, 6.45) is 13.7. The van der Waals surface area contributed by atoms with Crippen LogP contribution in [0.15, 0.2) is 128 Å². The van der Waals surface area contributed by atoms with E-state index in [1.54, 1.807) is 56.5 Å². The molecule has 10 rings (SSSR count). The highest BCUT2D eigenvalue weighted by atomic mass is 16.5. The minimum atomic E-state index is -0.688. The Morgan fingerprint density at radius 2 is 0.840 bits per heavy atom. The Labute approximate surface area is 544 Å². The Kier molecular flexibility index (Phi) is 23.4. The number of nitrogens with zero attached hydrogens (tertiary/aromatic N) is 3. The van der Waals surface area contributed by atoms with Crippen molar-refractivity contribution in [1.82, 2.24) is 14.7 Å². The van der Waals surface area contributed by atoms with Gasteiger partial charge in [-0.25, -0.2) is 19.2 Å². The van der Waals surface area contributed by atoms with Gasteiger partial charge in [-0.2, -0.15) is 0 Å². The predicted octanol–water partition coefficient (Wildman–Crippen LogP) is 12.2. The number of imide groups is 3. The first-order chi connectivity index (χ1) is 45.2. The first kappa shape index (κ1) is 69.4. The molecule has 6 aromatic rings. The lowest BCUT2D eigenvalue weighted by molar-refractivity contribution is -0.139. The molecule has 1 fully saturated rings. The molecule has 0 spiro atoms. The van der Waals surface area contributed by atoms with Crippen LogP contribution in [0, 0.1) is 0 Å². The van der Waals surface area contributed by atoms with Crippen LogP contribution in [0.5, 0.6) is 28.7 Å². The van der Waals surface area contributed by atoms with E-state index in [0.717, 1.165) is 64.7 Å². The van der Waals surface area contributed by atoms with Gasteiger partial charge in [0.1, 0.15) is 48.6 Å². The molecule has 1 saturated carbocycles. The van der Waals surface area contributed by atoms with E-state index in [2.05, 4.69) is 33.2 Å². The summed E-state index contributed by atoms with van der Waals surface area (Å²) in [6, 6.07) is 21.8. The van der Waals surface area contributed by atoms with Crippen LogP contribution < -0.4 is 23.7 Å². The molecule has 0 radical (unpaired) electrons. The third kappa shape index (κ3) is 15.4. The summed E-state index contributed by atoms with van der Waals surface area (Å²) in [5.41, 5.74) is 2.92. The molecule has 1 aliphatic carbocycles. The number of esters is 4. The molecule has 6 amide bonds. The van der Waals surface area contributed by atoms with Gasteiger partial charge in [0, 0.05) is 77.7 Å². The maximum absolute atomic E-state index is 13.2. The van der Waals surface area contributed by atoms with Gasteiger partial charge in [-0.1, -0.05) is 83.9 Å². The summed E-state index contributed by atoms with van der Waals surface area (Å²) in [6.45, 7) is 20.7. The van der Waals surface area contributed by atoms with Gasteiger partial charge in [0.25, 0.3) is 35.4 Å². The molecule has 21 nitrogen and oxygen atoms in total. The molecule has 94 heavy (non-hydrogen) atoms. The second-order valence-electron chi connectivity index (χ2n) is 22.8. The van der Waals surface area contributed by atoms with E-state index in [1.165, 1.54) is 71.3 Å².